The summed E-state index contributed by atoms with van der Waals surface area (Å²) in [6, 6.07) is 14.2. The SMILES string of the molecule is CNCCc1ccc(OC(F)(F)F)c(Cc2ccccc2)c1. The first kappa shape index (κ1) is 16.4. The number of ether oxygens (including phenoxy) is 1. The van der Waals surface area contributed by atoms with Crippen LogP contribution in [0.15, 0.2) is 48.5 Å². The smallest absolute Gasteiger partial charge is 0.405 e. The number of likely N-dealkylation sites (N-methyl/N-ethyl adjacent to an activating group) is 1. The molecular formula is C17H18F3NO. The highest BCUT2D eigenvalue weighted by Crippen LogP contribution is 2.29. The molecule has 0 fully saturated rings. The zero-order valence-electron chi connectivity index (χ0n) is 12.3. The fraction of sp³-hybridized carbons (Fsp3) is 0.294. The lowest BCUT2D eigenvalue weighted by molar-refractivity contribution is -0.274. The molecule has 0 aliphatic rings. The number of hydrogen-bond acceptors (Lipinski definition) is 2. The largest absolute Gasteiger partial charge is 0.573 e. The van der Waals surface area contributed by atoms with Crippen LogP contribution in [0.3, 0.4) is 0 Å². The summed E-state index contributed by atoms with van der Waals surface area (Å²) in [7, 11) is 1.84. The van der Waals surface area contributed by atoms with Crippen molar-refractivity contribution in [1.82, 2.24) is 5.32 Å². The molecule has 0 saturated heterocycles. The Morgan fingerprint density at radius 2 is 1.73 bits per heavy atom. The van der Waals surface area contributed by atoms with Gasteiger partial charge in [-0.1, -0.05) is 42.5 Å². The Kier molecular flexibility index (Phi) is 5.44. The predicted octanol–water partition coefficient (Wildman–Crippen LogP) is 3.94. The first-order valence-corrected chi connectivity index (χ1v) is 7.04. The minimum Gasteiger partial charge on any atom is -0.405 e. The molecule has 5 heteroatoms. The minimum absolute atomic E-state index is 0.135. The molecule has 0 bridgehead atoms. The van der Waals surface area contributed by atoms with Crippen molar-refractivity contribution < 1.29 is 17.9 Å². The number of nitrogens with one attached hydrogen (secondary N) is 1. The maximum absolute atomic E-state index is 12.5. The quantitative estimate of drug-likeness (QED) is 0.873. The lowest BCUT2D eigenvalue weighted by Gasteiger charge is -2.15. The molecule has 0 spiro atoms. The molecule has 0 aliphatic heterocycles. The summed E-state index contributed by atoms with van der Waals surface area (Å²) < 4.78 is 41.7. The van der Waals surface area contributed by atoms with E-state index in [1.54, 1.807) is 12.1 Å². The summed E-state index contributed by atoms with van der Waals surface area (Å²) in [6.45, 7) is 0.768. The van der Waals surface area contributed by atoms with Crippen LogP contribution in [0.1, 0.15) is 16.7 Å². The van der Waals surface area contributed by atoms with E-state index in [2.05, 4.69) is 10.1 Å². The first-order valence-electron chi connectivity index (χ1n) is 7.04. The molecule has 2 nitrogen and oxygen atoms in total. The summed E-state index contributed by atoms with van der Waals surface area (Å²) in [4.78, 5) is 0. The molecule has 0 radical (unpaired) electrons. The summed E-state index contributed by atoms with van der Waals surface area (Å²) in [5.41, 5.74) is 2.47. The Balaban J connectivity index is 2.28. The van der Waals surface area contributed by atoms with Gasteiger partial charge in [0, 0.05) is 6.42 Å². The first-order chi connectivity index (χ1) is 10.5. The van der Waals surface area contributed by atoms with E-state index in [1.807, 2.05) is 37.4 Å². The normalized spacial score (nSPS) is 11.5. The van der Waals surface area contributed by atoms with Crippen molar-refractivity contribution in [2.75, 3.05) is 13.6 Å². The van der Waals surface area contributed by atoms with Crippen molar-refractivity contribution in [1.29, 1.82) is 0 Å². The van der Waals surface area contributed by atoms with Crippen LogP contribution in [0.25, 0.3) is 0 Å². The van der Waals surface area contributed by atoms with Crippen molar-refractivity contribution in [3.8, 4) is 5.75 Å². The zero-order chi connectivity index (χ0) is 16.0. The number of benzene rings is 2. The number of alkyl halides is 3. The standard InChI is InChI=1S/C17H18F3NO/c1-21-10-9-14-7-8-16(22-17(18,19)20)15(12-14)11-13-5-3-2-4-6-13/h2-8,12,21H,9-11H2,1H3. The average Bonchev–Trinajstić information content (AvgIpc) is 2.47. The van der Waals surface area contributed by atoms with Crippen LogP contribution in [-0.4, -0.2) is 20.0 Å². The summed E-state index contributed by atoms with van der Waals surface area (Å²) in [5.74, 6) is -0.135. The fourth-order valence-electron chi connectivity index (χ4n) is 2.24. The van der Waals surface area contributed by atoms with E-state index in [-0.39, 0.29) is 5.75 Å². The van der Waals surface area contributed by atoms with Gasteiger partial charge in [0.05, 0.1) is 0 Å². The van der Waals surface area contributed by atoms with Gasteiger partial charge in [-0.3, -0.25) is 0 Å². The van der Waals surface area contributed by atoms with E-state index < -0.39 is 6.36 Å². The second kappa shape index (κ2) is 7.31. The Labute approximate surface area is 127 Å². The average molecular weight is 309 g/mol. The van der Waals surface area contributed by atoms with Gasteiger partial charge in [-0.05, 0) is 42.8 Å². The van der Waals surface area contributed by atoms with Gasteiger partial charge >= 0.3 is 6.36 Å². The third-order valence-electron chi connectivity index (χ3n) is 3.25. The number of rotatable bonds is 6. The molecule has 2 aromatic carbocycles. The van der Waals surface area contributed by atoms with Gasteiger partial charge in [-0.2, -0.15) is 0 Å². The maximum atomic E-state index is 12.5. The van der Waals surface area contributed by atoms with Crippen LogP contribution in [0.4, 0.5) is 13.2 Å². The second-order valence-electron chi connectivity index (χ2n) is 5.01. The molecule has 0 heterocycles. The van der Waals surface area contributed by atoms with Gasteiger partial charge in [0.1, 0.15) is 5.75 Å². The Morgan fingerprint density at radius 3 is 2.36 bits per heavy atom. The summed E-state index contributed by atoms with van der Waals surface area (Å²) in [6.07, 6.45) is -3.53. The van der Waals surface area contributed by atoms with Crippen molar-refractivity contribution >= 4 is 0 Å². The van der Waals surface area contributed by atoms with Crippen LogP contribution in [-0.2, 0) is 12.8 Å². The topological polar surface area (TPSA) is 21.3 Å². The van der Waals surface area contributed by atoms with E-state index >= 15 is 0 Å². The molecule has 2 rings (SSSR count). The summed E-state index contributed by atoms with van der Waals surface area (Å²) in [5, 5.41) is 3.03. The zero-order valence-corrected chi connectivity index (χ0v) is 12.3. The third-order valence-corrected chi connectivity index (χ3v) is 3.25. The molecule has 2 aromatic rings. The second-order valence-corrected chi connectivity index (χ2v) is 5.01. The Hall–Kier alpha value is -2.01. The van der Waals surface area contributed by atoms with E-state index in [9.17, 15) is 13.2 Å². The highest BCUT2D eigenvalue weighted by atomic mass is 19.4. The molecule has 0 saturated carbocycles. The molecule has 22 heavy (non-hydrogen) atoms. The lowest BCUT2D eigenvalue weighted by Crippen LogP contribution is -2.18. The van der Waals surface area contributed by atoms with E-state index in [0.29, 0.717) is 12.0 Å². The van der Waals surface area contributed by atoms with Gasteiger partial charge < -0.3 is 10.1 Å². The van der Waals surface area contributed by atoms with Gasteiger partial charge in [0.2, 0.25) is 0 Å². The molecule has 0 aliphatic carbocycles. The number of hydrogen-bond donors (Lipinski definition) is 1. The number of halogens is 3. The van der Waals surface area contributed by atoms with Crippen molar-refractivity contribution in [3.63, 3.8) is 0 Å². The van der Waals surface area contributed by atoms with Crippen molar-refractivity contribution in [2.45, 2.75) is 19.2 Å². The van der Waals surface area contributed by atoms with E-state index in [0.717, 1.165) is 24.1 Å². The van der Waals surface area contributed by atoms with Gasteiger partial charge in [-0.25, -0.2) is 0 Å². The highest BCUT2D eigenvalue weighted by molar-refractivity contribution is 5.41. The van der Waals surface area contributed by atoms with Crippen molar-refractivity contribution in [3.05, 3.63) is 65.2 Å². The lowest BCUT2D eigenvalue weighted by atomic mass is 10.0. The highest BCUT2D eigenvalue weighted by Gasteiger charge is 2.32. The van der Waals surface area contributed by atoms with E-state index in [4.69, 9.17) is 0 Å². The van der Waals surface area contributed by atoms with Crippen LogP contribution in [0.2, 0.25) is 0 Å². The maximum Gasteiger partial charge on any atom is 0.573 e. The van der Waals surface area contributed by atoms with E-state index in [1.165, 1.54) is 6.07 Å². The third kappa shape index (κ3) is 5.07. The van der Waals surface area contributed by atoms with Crippen LogP contribution in [0.5, 0.6) is 5.75 Å². The van der Waals surface area contributed by atoms with Crippen molar-refractivity contribution in [2.24, 2.45) is 0 Å². The molecule has 0 aromatic heterocycles. The monoisotopic (exact) mass is 309 g/mol. The Bertz CT molecular complexity index is 597. The molecule has 0 atom stereocenters. The van der Waals surface area contributed by atoms with Gasteiger partial charge in [-0.15, -0.1) is 13.2 Å². The van der Waals surface area contributed by atoms with Gasteiger partial charge in [0.25, 0.3) is 0 Å². The summed E-state index contributed by atoms with van der Waals surface area (Å²) >= 11 is 0. The van der Waals surface area contributed by atoms with Gasteiger partial charge in [0.15, 0.2) is 0 Å². The molecule has 0 unspecified atom stereocenters. The van der Waals surface area contributed by atoms with Crippen LogP contribution >= 0.6 is 0 Å². The minimum atomic E-state index is -4.68. The molecule has 118 valence electrons. The molecule has 0 amide bonds. The Morgan fingerprint density at radius 1 is 1.00 bits per heavy atom. The fourth-order valence-corrected chi connectivity index (χ4v) is 2.24. The predicted molar refractivity (Wildman–Crippen MR) is 80.0 cm³/mol. The molecular weight excluding hydrogens is 291 g/mol. The molecule has 1 N–H and O–H groups in total. The van der Waals surface area contributed by atoms with Crippen LogP contribution < -0.4 is 10.1 Å². The van der Waals surface area contributed by atoms with Crippen LogP contribution in [0, 0.1) is 0 Å².